The number of para-hydroxylation sites is 2. The van der Waals surface area contributed by atoms with Crippen molar-refractivity contribution in [3.8, 4) is 5.75 Å². The summed E-state index contributed by atoms with van der Waals surface area (Å²) in [6.45, 7) is -0.119. The molecule has 1 heterocycles. The fourth-order valence-corrected chi connectivity index (χ4v) is 2.58. The minimum Gasteiger partial charge on any atom is -0.484 e. The molecule has 0 aliphatic carbocycles. The van der Waals surface area contributed by atoms with Crippen molar-refractivity contribution < 1.29 is 13.2 Å². The normalized spacial score (nSPS) is 10.9. The second-order valence-electron chi connectivity index (χ2n) is 4.10. The van der Waals surface area contributed by atoms with Crippen LogP contribution in [0.5, 0.6) is 5.75 Å². The number of aromatic nitrogens is 1. The Morgan fingerprint density at radius 2 is 2.05 bits per heavy atom. The summed E-state index contributed by atoms with van der Waals surface area (Å²) in [6.07, 6.45) is 2.74. The van der Waals surface area contributed by atoms with Crippen LogP contribution < -0.4 is 15.2 Å². The molecule has 4 N–H and O–H groups in total. The maximum atomic E-state index is 12.2. The Balaban J connectivity index is 2.25. The molecule has 0 saturated carbocycles. The molecule has 0 amide bonds. The highest BCUT2D eigenvalue weighted by Crippen LogP contribution is 2.26. The zero-order valence-corrected chi connectivity index (χ0v) is 11.8. The standard InChI is InChI=1S/C13H14N4O3S/c14-13(15)9-20-12-6-2-1-5-11(12)17-21(18,19)10-4-3-7-16-8-10/h1-8,17H,9H2,(H3,14,15). The molecule has 0 saturated heterocycles. The first-order valence-electron chi connectivity index (χ1n) is 5.96. The lowest BCUT2D eigenvalue weighted by Gasteiger charge is -2.13. The molecule has 110 valence electrons. The summed E-state index contributed by atoms with van der Waals surface area (Å²) in [7, 11) is -3.75. The first kappa shape index (κ1) is 14.8. The first-order valence-corrected chi connectivity index (χ1v) is 7.45. The number of ether oxygens (including phenoxy) is 1. The Hall–Kier alpha value is -2.61. The van der Waals surface area contributed by atoms with E-state index in [-0.39, 0.29) is 23.0 Å². The minimum atomic E-state index is -3.75. The lowest BCUT2D eigenvalue weighted by Crippen LogP contribution is -2.20. The van der Waals surface area contributed by atoms with Gasteiger partial charge in [0.1, 0.15) is 23.1 Å². The van der Waals surface area contributed by atoms with Crippen molar-refractivity contribution in [2.24, 2.45) is 5.73 Å². The van der Waals surface area contributed by atoms with Gasteiger partial charge in [-0.1, -0.05) is 12.1 Å². The Morgan fingerprint density at radius 3 is 2.71 bits per heavy atom. The van der Waals surface area contributed by atoms with Gasteiger partial charge in [0.05, 0.1) is 5.69 Å². The monoisotopic (exact) mass is 306 g/mol. The number of nitrogens with zero attached hydrogens (tertiary/aromatic N) is 1. The van der Waals surface area contributed by atoms with E-state index in [0.717, 1.165) is 0 Å². The Labute approximate surface area is 122 Å². The number of amidine groups is 1. The smallest absolute Gasteiger partial charge is 0.263 e. The fraction of sp³-hybridized carbons (Fsp3) is 0.0769. The highest BCUT2D eigenvalue weighted by atomic mass is 32.2. The van der Waals surface area contributed by atoms with E-state index in [0.29, 0.717) is 5.75 Å². The number of benzene rings is 1. The molecule has 0 fully saturated rings. The van der Waals surface area contributed by atoms with Crippen molar-refractivity contribution in [1.82, 2.24) is 4.98 Å². The summed E-state index contributed by atoms with van der Waals surface area (Å²) < 4.78 is 32.1. The maximum absolute atomic E-state index is 12.2. The third-order valence-electron chi connectivity index (χ3n) is 2.46. The van der Waals surface area contributed by atoms with Crippen LogP contribution in [-0.2, 0) is 10.0 Å². The number of sulfonamides is 1. The molecule has 0 atom stereocenters. The van der Waals surface area contributed by atoms with Crippen molar-refractivity contribution in [3.63, 3.8) is 0 Å². The maximum Gasteiger partial charge on any atom is 0.263 e. The number of hydrogen-bond donors (Lipinski definition) is 3. The molecular weight excluding hydrogens is 292 g/mol. The number of rotatable bonds is 6. The SMILES string of the molecule is N=C(N)COc1ccccc1NS(=O)(=O)c1cccnc1. The summed E-state index contributed by atoms with van der Waals surface area (Å²) in [5.41, 5.74) is 5.49. The molecule has 0 bridgehead atoms. The average Bonchev–Trinajstić information content (AvgIpc) is 2.47. The minimum absolute atomic E-state index is 0.0476. The lowest BCUT2D eigenvalue weighted by molar-refractivity contribution is 0.376. The van der Waals surface area contributed by atoms with Gasteiger partial charge in [0.2, 0.25) is 0 Å². The van der Waals surface area contributed by atoms with Crippen LogP contribution in [0.25, 0.3) is 0 Å². The fourth-order valence-electron chi connectivity index (χ4n) is 1.54. The zero-order chi connectivity index (χ0) is 15.3. The van der Waals surface area contributed by atoms with Crippen molar-refractivity contribution >= 4 is 21.5 Å². The molecule has 7 nitrogen and oxygen atoms in total. The van der Waals surface area contributed by atoms with Crippen LogP contribution in [0.2, 0.25) is 0 Å². The molecule has 8 heteroatoms. The summed E-state index contributed by atoms with van der Waals surface area (Å²) in [5, 5.41) is 7.13. The predicted octanol–water partition coefficient (Wildman–Crippen LogP) is 1.20. The van der Waals surface area contributed by atoms with Gasteiger partial charge < -0.3 is 10.5 Å². The number of hydrogen-bond acceptors (Lipinski definition) is 5. The average molecular weight is 306 g/mol. The molecular formula is C13H14N4O3S. The van der Waals surface area contributed by atoms with E-state index in [4.69, 9.17) is 15.9 Å². The van der Waals surface area contributed by atoms with E-state index >= 15 is 0 Å². The first-order chi connectivity index (χ1) is 9.99. The van der Waals surface area contributed by atoms with Crippen LogP contribution in [-0.4, -0.2) is 25.8 Å². The lowest BCUT2D eigenvalue weighted by atomic mass is 10.3. The predicted molar refractivity (Wildman–Crippen MR) is 78.9 cm³/mol. The van der Waals surface area contributed by atoms with Crippen LogP contribution in [0.4, 0.5) is 5.69 Å². The van der Waals surface area contributed by atoms with E-state index < -0.39 is 10.0 Å². The molecule has 0 spiro atoms. The van der Waals surface area contributed by atoms with Gasteiger partial charge in [-0.3, -0.25) is 15.1 Å². The number of pyridine rings is 1. The van der Waals surface area contributed by atoms with E-state index in [9.17, 15) is 8.42 Å². The quantitative estimate of drug-likeness (QED) is 0.547. The van der Waals surface area contributed by atoms with E-state index in [1.807, 2.05) is 0 Å². The molecule has 0 aliphatic rings. The van der Waals surface area contributed by atoms with Gasteiger partial charge in [0, 0.05) is 12.4 Å². The van der Waals surface area contributed by atoms with Crippen LogP contribution in [0.3, 0.4) is 0 Å². The highest BCUT2D eigenvalue weighted by Gasteiger charge is 2.16. The Kier molecular flexibility index (Phi) is 4.39. The molecule has 1 aromatic carbocycles. The van der Waals surface area contributed by atoms with Gasteiger partial charge in [-0.2, -0.15) is 0 Å². The van der Waals surface area contributed by atoms with E-state index in [1.54, 1.807) is 24.3 Å². The summed E-state index contributed by atoms with van der Waals surface area (Å²) in [4.78, 5) is 3.83. The van der Waals surface area contributed by atoms with Crippen LogP contribution >= 0.6 is 0 Å². The summed E-state index contributed by atoms with van der Waals surface area (Å²) >= 11 is 0. The van der Waals surface area contributed by atoms with Gasteiger partial charge >= 0.3 is 0 Å². The second kappa shape index (κ2) is 6.23. The largest absolute Gasteiger partial charge is 0.484 e. The number of anilines is 1. The molecule has 2 rings (SSSR count). The molecule has 0 aliphatic heterocycles. The second-order valence-corrected chi connectivity index (χ2v) is 5.79. The molecule has 1 aromatic heterocycles. The van der Waals surface area contributed by atoms with Crippen LogP contribution in [0.1, 0.15) is 0 Å². The summed E-state index contributed by atoms with van der Waals surface area (Å²) in [6, 6.07) is 9.48. The molecule has 2 aromatic rings. The van der Waals surface area contributed by atoms with Crippen molar-refractivity contribution in [3.05, 3.63) is 48.8 Å². The molecule has 21 heavy (non-hydrogen) atoms. The Morgan fingerprint density at radius 1 is 1.29 bits per heavy atom. The van der Waals surface area contributed by atoms with Crippen LogP contribution in [0, 0.1) is 5.41 Å². The number of nitrogens with one attached hydrogen (secondary N) is 2. The Bertz CT molecular complexity index is 732. The topological polar surface area (TPSA) is 118 Å². The van der Waals surface area contributed by atoms with Gasteiger partial charge in [-0.15, -0.1) is 0 Å². The van der Waals surface area contributed by atoms with E-state index in [2.05, 4.69) is 9.71 Å². The van der Waals surface area contributed by atoms with Crippen LogP contribution in [0.15, 0.2) is 53.7 Å². The highest BCUT2D eigenvalue weighted by molar-refractivity contribution is 7.92. The third kappa shape index (κ3) is 3.93. The molecule has 0 radical (unpaired) electrons. The zero-order valence-electron chi connectivity index (χ0n) is 11.0. The van der Waals surface area contributed by atoms with Gasteiger partial charge in [-0.25, -0.2) is 8.42 Å². The van der Waals surface area contributed by atoms with Crippen molar-refractivity contribution in [2.75, 3.05) is 11.3 Å². The van der Waals surface area contributed by atoms with Crippen molar-refractivity contribution in [1.29, 1.82) is 5.41 Å². The van der Waals surface area contributed by atoms with Gasteiger partial charge in [0.15, 0.2) is 0 Å². The van der Waals surface area contributed by atoms with E-state index in [1.165, 1.54) is 24.5 Å². The molecule has 0 unspecified atom stereocenters. The van der Waals surface area contributed by atoms with Crippen molar-refractivity contribution in [2.45, 2.75) is 4.90 Å². The number of nitrogens with two attached hydrogens (primary N) is 1. The van der Waals surface area contributed by atoms with Gasteiger partial charge in [-0.05, 0) is 24.3 Å². The summed E-state index contributed by atoms with van der Waals surface area (Å²) in [5.74, 6) is 0.139. The third-order valence-corrected chi connectivity index (χ3v) is 3.81. The van der Waals surface area contributed by atoms with Gasteiger partial charge in [0.25, 0.3) is 10.0 Å².